The summed E-state index contributed by atoms with van der Waals surface area (Å²) in [6, 6.07) is 3.45. The third-order valence-corrected chi connectivity index (χ3v) is 4.03. The summed E-state index contributed by atoms with van der Waals surface area (Å²) in [5.74, 6) is -0.599. The molecule has 3 unspecified atom stereocenters. The van der Waals surface area contributed by atoms with Gasteiger partial charge in [-0.2, -0.15) is 0 Å². The minimum absolute atomic E-state index is 0.149. The molecular weight excluding hydrogens is 248 g/mol. The van der Waals surface area contributed by atoms with Gasteiger partial charge < -0.3 is 10.4 Å². The average Bonchev–Trinajstić information content (AvgIpc) is 2.42. The standard InChI is InChI=1S/C15H21F2NO/c1-10(13-8-12(16)6-7-14(13)17)18-15-5-3-2-4-11(15)9-19/h6-8,10-11,15,18-19H,2-5,9H2,1H3. The van der Waals surface area contributed by atoms with Crippen molar-refractivity contribution in [2.45, 2.75) is 44.7 Å². The van der Waals surface area contributed by atoms with Crippen LogP contribution in [0, 0.1) is 17.6 Å². The molecule has 2 N–H and O–H groups in total. The molecule has 1 fully saturated rings. The molecule has 1 aliphatic rings. The van der Waals surface area contributed by atoms with Crippen molar-refractivity contribution in [3.8, 4) is 0 Å². The van der Waals surface area contributed by atoms with Crippen LogP contribution in [0.4, 0.5) is 8.78 Å². The molecule has 0 aromatic heterocycles. The molecule has 1 aromatic rings. The minimum Gasteiger partial charge on any atom is -0.396 e. The van der Waals surface area contributed by atoms with E-state index in [4.69, 9.17) is 0 Å². The van der Waals surface area contributed by atoms with Crippen molar-refractivity contribution in [2.75, 3.05) is 6.61 Å². The van der Waals surface area contributed by atoms with Gasteiger partial charge >= 0.3 is 0 Å². The number of hydrogen-bond acceptors (Lipinski definition) is 2. The third-order valence-electron chi connectivity index (χ3n) is 4.03. The van der Waals surface area contributed by atoms with Gasteiger partial charge in [0, 0.05) is 24.3 Å². The van der Waals surface area contributed by atoms with Crippen LogP contribution in [0.25, 0.3) is 0 Å². The monoisotopic (exact) mass is 269 g/mol. The minimum atomic E-state index is -0.424. The Morgan fingerprint density at radius 1 is 1.32 bits per heavy atom. The lowest BCUT2D eigenvalue weighted by molar-refractivity contribution is 0.147. The smallest absolute Gasteiger partial charge is 0.128 e. The van der Waals surface area contributed by atoms with Crippen LogP contribution in [0.15, 0.2) is 18.2 Å². The summed E-state index contributed by atoms with van der Waals surface area (Å²) in [7, 11) is 0. The van der Waals surface area contributed by atoms with Gasteiger partial charge in [0.25, 0.3) is 0 Å². The zero-order valence-corrected chi connectivity index (χ0v) is 11.2. The summed E-state index contributed by atoms with van der Waals surface area (Å²) in [6.07, 6.45) is 4.22. The van der Waals surface area contributed by atoms with Crippen LogP contribution in [0.5, 0.6) is 0 Å². The first kappa shape index (κ1) is 14.4. The van der Waals surface area contributed by atoms with E-state index >= 15 is 0 Å². The zero-order chi connectivity index (χ0) is 13.8. The van der Waals surface area contributed by atoms with Gasteiger partial charge in [0.2, 0.25) is 0 Å². The number of nitrogens with one attached hydrogen (secondary N) is 1. The maximum Gasteiger partial charge on any atom is 0.128 e. The summed E-state index contributed by atoms with van der Waals surface area (Å²) >= 11 is 0. The molecule has 2 rings (SSSR count). The average molecular weight is 269 g/mol. The second-order valence-electron chi connectivity index (χ2n) is 5.39. The molecule has 106 valence electrons. The molecule has 0 heterocycles. The van der Waals surface area contributed by atoms with Gasteiger partial charge in [-0.3, -0.25) is 0 Å². The number of aliphatic hydroxyl groups excluding tert-OH is 1. The van der Waals surface area contributed by atoms with E-state index in [1.165, 1.54) is 6.07 Å². The molecule has 0 saturated heterocycles. The second kappa shape index (κ2) is 6.44. The highest BCUT2D eigenvalue weighted by molar-refractivity contribution is 5.22. The van der Waals surface area contributed by atoms with E-state index in [2.05, 4.69) is 5.32 Å². The summed E-state index contributed by atoms with van der Waals surface area (Å²) in [4.78, 5) is 0. The third kappa shape index (κ3) is 3.51. The first-order valence-corrected chi connectivity index (χ1v) is 6.93. The van der Waals surface area contributed by atoms with E-state index in [-0.39, 0.29) is 24.6 Å². The van der Waals surface area contributed by atoms with Crippen molar-refractivity contribution < 1.29 is 13.9 Å². The molecule has 0 aliphatic heterocycles. The molecule has 3 atom stereocenters. The van der Waals surface area contributed by atoms with Crippen molar-refractivity contribution in [2.24, 2.45) is 5.92 Å². The van der Waals surface area contributed by atoms with Crippen molar-refractivity contribution in [1.82, 2.24) is 5.32 Å². The lowest BCUT2D eigenvalue weighted by atomic mass is 9.84. The van der Waals surface area contributed by atoms with Crippen LogP contribution in [0.2, 0.25) is 0 Å². The highest BCUT2D eigenvalue weighted by Gasteiger charge is 2.26. The van der Waals surface area contributed by atoms with Gasteiger partial charge in [0.1, 0.15) is 11.6 Å². The number of rotatable bonds is 4. The Labute approximate surface area is 112 Å². The number of aliphatic hydroxyl groups is 1. The van der Waals surface area contributed by atoms with E-state index in [9.17, 15) is 13.9 Å². The fourth-order valence-electron chi connectivity index (χ4n) is 2.90. The van der Waals surface area contributed by atoms with Crippen LogP contribution in [0.1, 0.15) is 44.2 Å². The molecule has 0 spiro atoms. The molecule has 0 bridgehead atoms. The number of benzene rings is 1. The first-order valence-electron chi connectivity index (χ1n) is 6.93. The van der Waals surface area contributed by atoms with Crippen LogP contribution in [-0.4, -0.2) is 17.8 Å². The van der Waals surface area contributed by atoms with Gasteiger partial charge in [-0.25, -0.2) is 8.78 Å². The van der Waals surface area contributed by atoms with Gasteiger partial charge in [0.05, 0.1) is 0 Å². The molecule has 1 aromatic carbocycles. The van der Waals surface area contributed by atoms with Crippen molar-refractivity contribution in [1.29, 1.82) is 0 Å². The normalized spacial score (nSPS) is 25.3. The Balaban J connectivity index is 2.07. The lowest BCUT2D eigenvalue weighted by Crippen LogP contribution is -2.41. The number of hydrogen-bond donors (Lipinski definition) is 2. The van der Waals surface area contributed by atoms with Gasteiger partial charge in [-0.15, -0.1) is 0 Å². The maximum atomic E-state index is 13.7. The Kier molecular flexibility index (Phi) is 4.88. The van der Waals surface area contributed by atoms with Crippen molar-refractivity contribution >= 4 is 0 Å². The largest absolute Gasteiger partial charge is 0.396 e. The number of halogens is 2. The Hall–Kier alpha value is -1.00. The fraction of sp³-hybridized carbons (Fsp3) is 0.600. The van der Waals surface area contributed by atoms with Gasteiger partial charge in [-0.1, -0.05) is 12.8 Å². The Bertz CT molecular complexity index is 425. The Morgan fingerprint density at radius 2 is 2.05 bits per heavy atom. The SMILES string of the molecule is CC(NC1CCCCC1CO)c1cc(F)ccc1F. The van der Waals surface area contributed by atoms with E-state index in [0.717, 1.165) is 37.8 Å². The van der Waals surface area contributed by atoms with E-state index in [1.807, 2.05) is 6.92 Å². The summed E-state index contributed by atoms with van der Waals surface area (Å²) < 4.78 is 26.9. The molecule has 19 heavy (non-hydrogen) atoms. The maximum absolute atomic E-state index is 13.7. The summed E-state index contributed by atoms with van der Waals surface area (Å²) in [6.45, 7) is 1.98. The highest BCUT2D eigenvalue weighted by Crippen LogP contribution is 2.27. The van der Waals surface area contributed by atoms with Crippen LogP contribution >= 0.6 is 0 Å². The topological polar surface area (TPSA) is 32.3 Å². The van der Waals surface area contributed by atoms with Crippen molar-refractivity contribution in [3.63, 3.8) is 0 Å². The summed E-state index contributed by atoms with van der Waals surface area (Å²) in [5.41, 5.74) is 0.349. The predicted molar refractivity (Wildman–Crippen MR) is 70.7 cm³/mol. The second-order valence-corrected chi connectivity index (χ2v) is 5.39. The predicted octanol–water partition coefficient (Wildman–Crippen LogP) is 3.17. The summed E-state index contributed by atoms with van der Waals surface area (Å²) in [5, 5.41) is 12.7. The van der Waals surface area contributed by atoms with Gasteiger partial charge in [0.15, 0.2) is 0 Å². The molecule has 1 aliphatic carbocycles. The first-order chi connectivity index (χ1) is 9.11. The van der Waals surface area contributed by atoms with E-state index in [0.29, 0.717) is 5.56 Å². The quantitative estimate of drug-likeness (QED) is 0.880. The molecule has 2 nitrogen and oxygen atoms in total. The van der Waals surface area contributed by atoms with Gasteiger partial charge in [-0.05, 0) is 43.9 Å². The van der Waals surface area contributed by atoms with E-state index < -0.39 is 11.6 Å². The van der Waals surface area contributed by atoms with Crippen molar-refractivity contribution in [3.05, 3.63) is 35.4 Å². The zero-order valence-electron chi connectivity index (χ0n) is 11.2. The Morgan fingerprint density at radius 3 is 2.79 bits per heavy atom. The van der Waals surface area contributed by atoms with Crippen LogP contribution in [0.3, 0.4) is 0 Å². The van der Waals surface area contributed by atoms with E-state index in [1.54, 1.807) is 0 Å². The van der Waals surface area contributed by atoms with Crippen LogP contribution < -0.4 is 5.32 Å². The highest BCUT2D eigenvalue weighted by atomic mass is 19.1. The molecular formula is C15H21F2NO. The fourth-order valence-corrected chi connectivity index (χ4v) is 2.90. The molecule has 1 saturated carbocycles. The molecule has 0 radical (unpaired) electrons. The van der Waals surface area contributed by atoms with Crippen LogP contribution in [-0.2, 0) is 0 Å². The molecule has 0 amide bonds. The lowest BCUT2D eigenvalue weighted by Gasteiger charge is -2.33. The molecule has 4 heteroatoms.